The van der Waals surface area contributed by atoms with E-state index in [1.54, 1.807) is 13.4 Å². The van der Waals surface area contributed by atoms with E-state index >= 15 is 0 Å². The number of nitrogens with one attached hydrogen (secondary N) is 1. The average molecular weight is 372 g/mol. The van der Waals surface area contributed by atoms with Crippen LogP contribution in [-0.2, 0) is 26.3 Å². The smallest absolute Gasteiger partial charge is 0.249 e. The standard InChI is InChI=1S/C20H28N4O3/c1-27-13-18(26)24-9-6-16-19(22-14-21-16)20(24)7-10-23(11-8-20)17(25)12-15-4-2-3-5-15/h2,4,14-15H,3,5-13H2,1H3,(H,21,22)/t15-/m1/s1. The Kier molecular flexibility index (Phi) is 5.04. The number of H-pyrrole nitrogens is 1. The lowest BCUT2D eigenvalue weighted by molar-refractivity contribution is -0.148. The van der Waals surface area contributed by atoms with Gasteiger partial charge in [0.25, 0.3) is 0 Å². The molecule has 0 radical (unpaired) electrons. The fraction of sp³-hybridized carbons (Fsp3) is 0.650. The summed E-state index contributed by atoms with van der Waals surface area (Å²) in [6.07, 6.45) is 11.1. The molecule has 1 aliphatic carbocycles. The molecule has 2 aliphatic heterocycles. The van der Waals surface area contributed by atoms with Crippen LogP contribution in [0.2, 0.25) is 0 Å². The molecule has 1 spiro atoms. The topological polar surface area (TPSA) is 78.5 Å². The van der Waals surface area contributed by atoms with Gasteiger partial charge in [0.2, 0.25) is 11.8 Å². The van der Waals surface area contributed by atoms with Gasteiger partial charge in [-0.25, -0.2) is 4.98 Å². The third kappa shape index (κ3) is 3.29. The summed E-state index contributed by atoms with van der Waals surface area (Å²) in [5.41, 5.74) is 1.67. The van der Waals surface area contributed by atoms with Crippen LogP contribution in [0.1, 0.15) is 43.5 Å². The maximum absolute atomic E-state index is 12.7. The van der Waals surface area contributed by atoms with Crippen molar-refractivity contribution in [2.75, 3.05) is 33.4 Å². The molecule has 27 heavy (non-hydrogen) atoms. The number of methoxy groups -OCH3 is 1. The Labute approximate surface area is 159 Å². The van der Waals surface area contributed by atoms with E-state index in [1.807, 2.05) is 9.80 Å². The summed E-state index contributed by atoms with van der Waals surface area (Å²) < 4.78 is 5.10. The Bertz CT molecular complexity index is 733. The van der Waals surface area contributed by atoms with Gasteiger partial charge in [0.15, 0.2) is 0 Å². The summed E-state index contributed by atoms with van der Waals surface area (Å²) in [6.45, 7) is 2.08. The van der Waals surface area contributed by atoms with E-state index in [0.29, 0.717) is 32.0 Å². The first-order chi connectivity index (χ1) is 13.1. The van der Waals surface area contributed by atoms with Crippen molar-refractivity contribution in [3.8, 4) is 0 Å². The third-order valence-electron chi connectivity index (χ3n) is 6.32. The van der Waals surface area contributed by atoms with E-state index in [4.69, 9.17) is 4.74 Å². The van der Waals surface area contributed by atoms with Crippen molar-refractivity contribution in [2.24, 2.45) is 5.92 Å². The fourth-order valence-corrected chi connectivity index (χ4v) is 4.89. The molecule has 4 rings (SSSR count). The van der Waals surface area contributed by atoms with Crippen molar-refractivity contribution in [2.45, 2.75) is 44.1 Å². The summed E-state index contributed by atoms with van der Waals surface area (Å²) in [5, 5.41) is 0. The molecule has 146 valence electrons. The Balaban J connectivity index is 1.50. The highest BCUT2D eigenvalue weighted by Crippen LogP contribution is 2.42. The van der Waals surface area contributed by atoms with Crippen LogP contribution in [0.25, 0.3) is 0 Å². The van der Waals surface area contributed by atoms with Crippen LogP contribution in [-0.4, -0.2) is 64.9 Å². The number of aromatic amines is 1. The number of hydrogen-bond acceptors (Lipinski definition) is 4. The van der Waals surface area contributed by atoms with E-state index in [9.17, 15) is 9.59 Å². The number of likely N-dealkylation sites (tertiary alicyclic amines) is 1. The van der Waals surface area contributed by atoms with Gasteiger partial charge in [-0.2, -0.15) is 0 Å². The minimum Gasteiger partial charge on any atom is -0.375 e. The highest BCUT2D eigenvalue weighted by molar-refractivity contribution is 5.79. The van der Waals surface area contributed by atoms with Crippen molar-refractivity contribution in [1.82, 2.24) is 19.8 Å². The van der Waals surface area contributed by atoms with Gasteiger partial charge < -0.3 is 19.5 Å². The van der Waals surface area contributed by atoms with Crippen LogP contribution in [0.4, 0.5) is 0 Å². The van der Waals surface area contributed by atoms with Gasteiger partial charge in [-0.1, -0.05) is 12.2 Å². The second kappa shape index (κ2) is 7.46. The third-order valence-corrected chi connectivity index (χ3v) is 6.32. The van der Waals surface area contributed by atoms with E-state index in [2.05, 4.69) is 22.1 Å². The zero-order valence-electron chi connectivity index (χ0n) is 15.9. The van der Waals surface area contributed by atoms with Crippen LogP contribution in [0, 0.1) is 5.92 Å². The summed E-state index contributed by atoms with van der Waals surface area (Å²) in [7, 11) is 1.55. The monoisotopic (exact) mass is 372 g/mol. The Morgan fingerprint density at radius 3 is 2.81 bits per heavy atom. The van der Waals surface area contributed by atoms with E-state index in [0.717, 1.165) is 43.5 Å². The first-order valence-electron chi connectivity index (χ1n) is 9.90. The lowest BCUT2D eigenvalue weighted by Gasteiger charge is -2.50. The second-order valence-corrected chi connectivity index (χ2v) is 7.84. The molecule has 1 aromatic heterocycles. The number of piperidine rings is 1. The van der Waals surface area contributed by atoms with Crippen molar-refractivity contribution < 1.29 is 14.3 Å². The molecule has 2 amide bonds. The molecule has 3 heterocycles. The van der Waals surface area contributed by atoms with Crippen LogP contribution >= 0.6 is 0 Å². The summed E-state index contributed by atoms with van der Waals surface area (Å²) in [6, 6.07) is 0. The number of rotatable bonds is 4. The van der Waals surface area contributed by atoms with Gasteiger partial charge in [0.05, 0.1) is 17.6 Å². The number of fused-ring (bicyclic) bond motifs is 2. The quantitative estimate of drug-likeness (QED) is 0.815. The van der Waals surface area contributed by atoms with Crippen molar-refractivity contribution >= 4 is 11.8 Å². The molecule has 3 aliphatic rings. The molecule has 1 N–H and O–H groups in total. The summed E-state index contributed by atoms with van der Waals surface area (Å²) in [5.74, 6) is 0.622. The van der Waals surface area contributed by atoms with Crippen LogP contribution in [0.15, 0.2) is 18.5 Å². The minimum absolute atomic E-state index is 0.00187. The van der Waals surface area contributed by atoms with Gasteiger partial charge in [-0.3, -0.25) is 9.59 Å². The lowest BCUT2D eigenvalue weighted by atomic mass is 9.78. The number of carbonyl (C=O) groups excluding carboxylic acids is 2. The number of allylic oxidation sites excluding steroid dienone is 2. The first kappa shape index (κ1) is 18.2. The number of aromatic nitrogens is 2. The minimum atomic E-state index is -0.423. The molecule has 1 aromatic rings. The van der Waals surface area contributed by atoms with Crippen molar-refractivity contribution in [3.63, 3.8) is 0 Å². The number of hydrogen-bond donors (Lipinski definition) is 1. The molecule has 7 nitrogen and oxygen atoms in total. The van der Waals surface area contributed by atoms with Crippen LogP contribution in [0.5, 0.6) is 0 Å². The fourth-order valence-electron chi connectivity index (χ4n) is 4.89. The van der Waals surface area contributed by atoms with Crippen molar-refractivity contribution in [1.29, 1.82) is 0 Å². The molecule has 1 atom stereocenters. The molecule has 0 saturated carbocycles. The van der Waals surface area contributed by atoms with Crippen LogP contribution < -0.4 is 0 Å². The predicted molar refractivity (Wildman–Crippen MR) is 99.9 cm³/mol. The second-order valence-electron chi connectivity index (χ2n) is 7.84. The highest BCUT2D eigenvalue weighted by Gasteiger charge is 2.49. The Morgan fingerprint density at radius 1 is 1.30 bits per heavy atom. The van der Waals surface area contributed by atoms with E-state index < -0.39 is 5.54 Å². The Morgan fingerprint density at radius 2 is 2.11 bits per heavy atom. The zero-order valence-corrected chi connectivity index (χ0v) is 15.9. The highest BCUT2D eigenvalue weighted by atomic mass is 16.5. The van der Waals surface area contributed by atoms with Gasteiger partial charge in [0.1, 0.15) is 6.61 Å². The maximum Gasteiger partial charge on any atom is 0.249 e. The molecule has 1 saturated heterocycles. The largest absolute Gasteiger partial charge is 0.375 e. The molecular weight excluding hydrogens is 344 g/mol. The summed E-state index contributed by atoms with van der Waals surface area (Å²) >= 11 is 0. The zero-order chi connectivity index (χ0) is 18.9. The molecule has 0 aromatic carbocycles. The summed E-state index contributed by atoms with van der Waals surface area (Å²) in [4.78, 5) is 37.2. The molecule has 7 heteroatoms. The number of carbonyl (C=O) groups is 2. The normalized spacial score (nSPS) is 23.7. The first-order valence-corrected chi connectivity index (χ1v) is 9.90. The van der Waals surface area contributed by atoms with Gasteiger partial charge >= 0.3 is 0 Å². The van der Waals surface area contributed by atoms with E-state index in [1.165, 1.54) is 0 Å². The molecule has 0 unspecified atom stereocenters. The molecule has 0 bridgehead atoms. The predicted octanol–water partition coefficient (Wildman–Crippen LogP) is 1.61. The van der Waals surface area contributed by atoms with Crippen LogP contribution in [0.3, 0.4) is 0 Å². The van der Waals surface area contributed by atoms with E-state index in [-0.39, 0.29) is 18.4 Å². The SMILES string of the molecule is COCC(=O)N1CCc2[nH]cnc2C12CCN(C(=O)C[C@@H]1C=CCC1)CC2. The lowest BCUT2D eigenvalue weighted by Crippen LogP contribution is -2.59. The maximum atomic E-state index is 12.7. The van der Waals surface area contributed by atoms with Gasteiger partial charge in [0, 0.05) is 45.3 Å². The average Bonchev–Trinajstić information content (AvgIpc) is 3.35. The van der Waals surface area contributed by atoms with Crippen molar-refractivity contribution in [3.05, 3.63) is 29.9 Å². The molecule has 1 fully saturated rings. The number of amides is 2. The molecular formula is C20H28N4O3. The number of imidazole rings is 1. The number of nitrogens with zero attached hydrogens (tertiary/aromatic N) is 3. The van der Waals surface area contributed by atoms with Gasteiger partial charge in [-0.15, -0.1) is 0 Å². The van der Waals surface area contributed by atoms with Gasteiger partial charge in [-0.05, 0) is 31.6 Å². The number of ether oxygens (including phenoxy) is 1. The Hall–Kier alpha value is -2.15.